The third-order valence-electron chi connectivity index (χ3n) is 2.03. The third-order valence-corrected chi connectivity index (χ3v) is 2.03. The summed E-state index contributed by atoms with van der Waals surface area (Å²) in [5, 5.41) is 1.85. The quantitative estimate of drug-likeness (QED) is 0.433. The lowest BCUT2D eigenvalue weighted by atomic mass is 10.2. The summed E-state index contributed by atoms with van der Waals surface area (Å²) in [4.78, 5) is 22.2. The Bertz CT molecular complexity index is 247. The number of alkyl carbamates (subject to hydrolysis) is 1. The zero-order chi connectivity index (χ0) is 12.6. The molecule has 0 aliphatic heterocycles. The van der Waals surface area contributed by atoms with Crippen LogP contribution in [0.3, 0.4) is 0 Å². The van der Waals surface area contributed by atoms with E-state index in [-0.39, 0.29) is 13.0 Å². The summed E-state index contributed by atoms with van der Waals surface area (Å²) in [6, 6.07) is 0. The van der Waals surface area contributed by atoms with Crippen molar-refractivity contribution in [1.82, 2.24) is 5.32 Å². The van der Waals surface area contributed by atoms with E-state index in [9.17, 15) is 14.0 Å². The molecule has 0 aliphatic rings. The fraction of sp³-hybridized carbons (Fsp3) is 0.800. The van der Waals surface area contributed by atoms with Crippen molar-refractivity contribution in [2.24, 2.45) is 0 Å². The van der Waals surface area contributed by atoms with Gasteiger partial charge < -0.3 is 9.47 Å². The molecule has 0 radical (unpaired) electrons. The van der Waals surface area contributed by atoms with Crippen LogP contribution in [0.4, 0.5) is 9.18 Å². The van der Waals surface area contributed by atoms with Crippen molar-refractivity contribution in [1.29, 1.82) is 0 Å². The highest BCUT2D eigenvalue weighted by Gasteiger charge is 2.40. The molecule has 1 N–H and O–H groups in total. The highest BCUT2D eigenvalue weighted by molar-refractivity contribution is 5.83. The van der Waals surface area contributed by atoms with E-state index < -0.39 is 17.9 Å². The van der Waals surface area contributed by atoms with Crippen molar-refractivity contribution in [3.8, 4) is 0 Å². The second kappa shape index (κ2) is 7.03. The molecule has 0 aromatic heterocycles. The van der Waals surface area contributed by atoms with E-state index in [1.807, 2.05) is 12.2 Å². The summed E-state index contributed by atoms with van der Waals surface area (Å²) in [5.41, 5.74) is 0. The van der Waals surface area contributed by atoms with Gasteiger partial charge in [-0.15, -0.1) is 0 Å². The zero-order valence-electron chi connectivity index (χ0n) is 9.84. The standard InChI is InChI=1S/C10H18FNO4/c1-4-6-7-16-9(14)12-10(11,5-2)8(13)15-3/h4-7H2,1-3H3,(H,12,14). The summed E-state index contributed by atoms with van der Waals surface area (Å²) < 4.78 is 22.7. The first-order valence-corrected chi connectivity index (χ1v) is 5.22. The van der Waals surface area contributed by atoms with Crippen molar-refractivity contribution < 1.29 is 23.5 Å². The summed E-state index contributed by atoms with van der Waals surface area (Å²) in [6.07, 6.45) is 0.376. The van der Waals surface area contributed by atoms with Gasteiger partial charge in [-0.3, -0.25) is 5.32 Å². The molecule has 0 fully saturated rings. The fourth-order valence-corrected chi connectivity index (χ4v) is 0.953. The number of alkyl halides is 1. The molecule has 0 heterocycles. The Kier molecular flexibility index (Phi) is 6.44. The van der Waals surface area contributed by atoms with E-state index in [2.05, 4.69) is 9.47 Å². The normalized spacial score (nSPS) is 13.8. The van der Waals surface area contributed by atoms with Crippen LogP contribution in [-0.4, -0.2) is 31.6 Å². The number of hydrogen-bond donors (Lipinski definition) is 1. The van der Waals surface area contributed by atoms with Crippen LogP contribution in [0.25, 0.3) is 0 Å². The first-order chi connectivity index (χ1) is 7.50. The van der Waals surface area contributed by atoms with Crippen LogP contribution in [0.15, 0.2) is 0 Å². The predicted octanol–water partition coefficient (Wildman–Crippen LogP) is 1.76. The monoisotopic (exact) mass is 235 g/mol. The van der Waals surface area contributed by atoms with Crippen LogP contribution in [0.5, 0.6) is 0 Å². The molecule has 0 rings (SSSR count). The fourth-order valence-electron chi connectivity index (χ4n) is 0.953. The summed E-state index contributed by atoms with van der Waals surface area (Å²) >= 11 is 0. The van der Waals surface area contributed by atoms with E-state index in [4.69, 9.17) is 0 Å². The first kappa shape index (κ1) is 14.7. The molecule has 6 heteroatoms. The average molecular weight is 235 g/mol. The van der Waals surface area contributed by atoms with Gasteiger partial charge in [0, 0.05) is 6.42 Å². The maximum atomic E-state index is 13.8. The summed E-state index contributed by atoms with van der Waals surface area (Å²) in [6.45, 7) is 3.55. The van der Waals surface area contributed by atoms with Gasteiger partial charge in [0.15, 0.2) is 0 Å². The van der Waals surface area contributed by atoms with Crippen LogP contribution in [0, 0.1) is 0 Å². The number of nitrogens with one attached hydrogen (secondary N) is 1. The summed E-state index contributed by atoms with van der Waals surface area (Å²) in [5.74, 6) is -3.65. The van der Waals surface area contributed by atoms with E-state index in [0.717, 1.165) is 13.5 Å². The second-order valence-electron chi connectivity index (χ2n) is 3.26. The molecule has 94 valence electrons. The van der Waals surface area contributed by atoms with Gasteiger partial charge >= 0.3 is 12.1 Å². The average Bonchev–Trinajstić information content (AvgIpc) is 2.28. The molecule has 16 heavy (non-hydrogen) atoms. The Morgan fingerprint density at radius 1 is 1.38 bits per heavy atom. The lowest BCUT2D eigenvalue weighted by Gasteiger charge is -2.21. The maximum Gasteiger partial charge on any atom is 0.410 e. The number of esters is 1. The molecule has 0 saturated heterocycles. The molecule has 0 bridgehead atoms. The van der Waals surface area contributed by atoms with Gasteiger partial charge in [0.05, 0.1) is 13.7 Å². The van der Waals surface area contributed by atoms with Crippen molar-refractivity contribution in [2.75, 3.05) is 13.7 Å². The van der Waals surface area contributed by atoms with Gasteiger partial charge in [-0.1, -0.05) is 20.3 Å². The zero-order valence-corrected chi connectivity index (χ0v) is 9.84. The van der Waals surface area contributed by atoms with Crippen molar-refractivity contribution in [3.63, 3.8) is 0 Å². The molecule has 0 spiro atoms. The molecule has 1 atom stereocenters. The number of amides is 1. The molecule has 1 unspecified atom stereocenters. The van der Waals surface area contributed by atoms with Crippen LogP contribution in [0.2, 0.25) is 0 Å². The molecular weight excluding hydrogens is 217 g/mol. The largest absolute Gasteiger partial charge is 0.465 e. The van der Waals surface area contributed by atoms with Gasteiger partial charge in [0.2, 0.25) is 0 Å². The number of hydrogen-bond acceptors (Lipinski definition) is 4. The van der Waals surface area contributed by atoms with Crippen LogP contribution < -0.4 is 5.32 Å². The predicted molar refractivity (Wildman–Crippen MR) is 55.5 cm³/mol. The van der Waals surface area contributed by atoms with Gasteiger partial charge in [-0.05, 0) is 6.42 Å². The molecule has 0 aliphatic carbocycles. The highest BCUT2D eigenvalue weighted by Crippen LogP contribution is 2.14. The Morgan fingerprint density at radius 3 is 2.44 bits per heavy atom. The van der Waals surface area contributed by atoms with Crippen molar-refractivity contribution in [2.45, 2.75) is 38.9 Å². The number of unbranched alkanes of at least 4 members (excludes halogenated alkanes) is 1. The lowest BCUT2D eigenvalue weighted by Crippen LogP contribution is -2.51. The van der Waals surface area contributed by atoms with E-state index in [0.29, 0.717) is 6.42 Å². The van der Waals surface area contributed by atoms with Gasteiger partial charge in [-0.25, -0.2) is 14.0 Å². The molecular formula is C10H18FNO4. The first-order valence-electron chi connectivity index (χ1n) is 5.22. The molecule has 0 aromatic rings. The Balaban J connectivity index is 4.20. The Morgan fingerprint density at radius 2 is 2.00 bits per heavy atom. The van der Waals surface area contributed by atoms with Crippen LogP contribution in [0.1, 0.15) is 33.1 Å². The van der Waals surface area contributed by atoms with Gasteiger partial charge in [-0.2, -0.15) is 0 Å². The van der Waals surface area contributed by atoms with Gasteiger partial charge in [0.1, 0.15) is 0 Å². The number of methoxy groups -OCH3 is 1. The highest BCUT2D eigenvalue weighted by atomic mass is 19.1. The Hall–Kier alpha value is -1.33. The smallest absolute Gasteiger partial charge is 0.410 e. The second-order valence-corrected chi connectivity index (χ2v) is 3.26. The molecule has 1 amide bonds. The van der Waals surface area contributed by atoms with Crippen LogP contribution in [-0.2, 0) is 14.3 Å². The number of ether oxygens (including phenoxy) is 2. The number of carbonyl (C=O) groups is 2. The van der Waals surface area contributed by atoms with E-state index >= 15 is 0 Å². The molecule has 0 aromatic carbocycles. The van der Waals surface area contributed by atoms with E-state index in [1.54, 1.807) is 0 Å². The third kappa shape index (κ3) is 4.46. The van der Waals surface area contributed by atoms with Crippen molar-refractivity contribution in [3.05, 3.63) is 0 Å². The molecule has 0 saturated carbocycles. The SMILES string of the molecule is CCCCOC(=O)NC(F)(CC)C(=O)OC. The van der Waals surface area contributed by atoms with E-state index in [1.165, 1.54) is 6.92 Å². The lowest BCUT2D eigenvalue weighted by molar-refractivity contribution is -0.157. The summed E-state index contributed by atoms with van der Waals surface area (Å²) in [7, 11) is 1.05. The number of carbonyl (C=O) groups excluding carboxylic acids is 2. The molecule has 5 nitrogen and oxygen atoms in total. The minimum absolute atomic E-state index is 0.198. The number of halogens is 1. The minimum atomic E-state index is -2.52. The van der Waals surface area contributed by atoms with Crippen molar-refractivity contribution >= 4 is 12.1 Å². The van der Waals surface area contributed by atoms with Crippen LogP contribution >= 0.6 is 0 Å². The Labute approximate surface area is 94.3 Å². The maximum absolute atomic E-state index is 13.8. The van der Waals surface area contributed by atoms with Gasteiger partial charge in [0.25, 0.3) is 5.79 Å². The number of rotatable bonds is 6. The topological polar surface area (TPSA) is 64.6 Å². The minimum Gasteiger partial charge on any atom is -0.465 e.